The summed E-state index contributed by atoms with van der Waals surface area (Å²) in [5.74, 6) is -0.750. The van der Waals surface area contributed by atoms with Crippen LogP contribution in [0.1, 0.15) is 54.9 Å². The van der Waals surface area contributed by atoms with Crippen LogP contribution in [0.4, 0.5) is 13.2 Å². The Kier molecular flexibility index (Phi) is 5.94. The number of halogens is 4. The van der Waals surface area contributed by atoms with Gasteiger partial charge in [0.15, 0.2) is 0 Å². The predicted octanol–water partition coefficient (Wildman–Crippen LogP) is 4.87. The number of benzene rings is 1. The SMILES string of the molecule is CC(C)(NS(=O)(=O)c1ccc(-c2[nH]c3ncc(Cl)cc3c2C(N)=O)c(C2CCC2)c1)C(F)(F)F. The predicted molar refractivity (Wildman–Crippen MR) is 122 cm³/mol. The first-order valence-electron chi connectivity index (χ1n) is 10.4. The van der Waals surface area contributed by atoms with Crippen molar-refractivity contribution < 1.29 is 26.4 Å². The second kappa shape index (κ2) is 8.24. The molecule has 1 saturated carbocycles. The van der Waals surface area contributed by atoms with Crippen LogP contribution in [0.3, 0.4) is 0 Å². The Morgan fingerprint density at radius 3 is 2.47 bits per heavy atom. The second-order valence-electron chi connectivity index (χ2n) is 8.89. The summed E-state index contributed by atoms with van der Waals surface area (Å²) >= 11 is 6.04. The van der Waals surface area contributed by atoms with Crippen LogP contribution in [0.5, 0.6) is 0 Å². The number of carbonyl (C=O) groups is 1. The smallest absolute Gasteiger partial charge is 0.366 e. The van der Waals surface area contributed by atoms with E-state index >= 15 is 0 Å². The van der Waals surface area contributed by atoms with E-state index in [2.05, 4.69) is 9.97 Å². The lowest BCUT2D eigenvalue weighted by atomic mass is 9.77. The van der Waals surface area contributed by atoms with Crippen molar-refractivity contribution in [2.75, 3.05) is 0 Å². The number of nitrogens with two attached hydrogens (primary N) is 1. The highest BCUT2D eigenvalue weighted by molar-refractivity contribution is 7.89. The van der Waals surface area contributed by atoms with E-state index in [0.717, 1.165) is 33.1 Å². The monoisotopic (exact) mass is 514 g/mol. The number of hydrogen-bond acceptors (Lipinski definition) is 4. The number of sulfonamides is 1. The maximum absolute atomic E-state index is 13.3. The van der Waals surface area contributed by atoms with Gasteiger partial charge in [0.2, 0.25) is 10.0 Å². The lowest BCUT2D eigenvalue weighted by Gasteiger charge is -2.30. The third kappa shape index (κ3) is 4.27. The maximum Gasteiger partial charge on any atom is 0.407 e. The molecule has 0 radical (unpaired) electrons. The largest absolute Gasteiger partial charge is 0.407 e. The molecule has 2 heterocycles. The molecule has 0 aliphatic heterocycles. The van der Waals surface area contributed by atoms with Gasteiger partial charge in [0.1, 0.15) is 11.2 Å². The highest BCUT2D eigenvalue weighted by Gasteiger charge is 2.50. The van der Waals surface area contributed by atoms with Crippen molar-refractivity contribution in [3.8, 4) is 11.3 Å². The lowest BCUT2D eigenvalue weighted by Crippen LogP contribution is -2.54. The molecule has 1 aliphatic carbocycles. The van der Waals surface area contributed by atoms with E-state index in [-0.39, 0.29) is 16.4 Å². The molecule has 1 amide bonds. The number of amides is 1. The zero-order chi connectivity index (χ0) is 25.1. The molecule has 7 nitrogen and oxygen atoms in total. The molecule has 0 saturated heterocycles. The van der Waals surface area contributed by atoms with Crippen LogP contribution in [0, 0.1) is 0 Å². The summed E-state index contributed by atoms with van der Waals surface area (Å²) in [4.78, 5) is 19.3. The molecule has 4 rings (SSSR count). The van der Waals surface area contributed by atoms with E-state index in [9.17, 15) is 26.4 Å². The van der Waals surface area contributed by atoms with Gasteiger partial charge in [-0.05, 0) is 56.4 Å². The van der Waals surface area contributed by atoms with Crippen molar-refractivity contribution in [2.45, 2.75) is 55.6 Å². The van der Waals surface area contributed by atoms with E-state index < -0.39 is 27.6 Å². The van der Waals surface area contributed by atoms with Gasteiger partial charge in [-0.3, -0.25) is 4.79 Å². The molecule has 0 spiro atoms. The number of hydrogen-bond donors (Lipinski definition) is 3. The van der Waals surface area contributed by atoms with Crippen LogP contribution >= 0.6 is 11.6 Å². The Labute approximate surface area is 198 Å². The van der Waals surface area contributed by atoms with Gasteiger partial charge in [0.25, 0.3) is 5.91 Å². The molecular formula is C22H22ClF3N4O3S. The summed E-state index contributed by atoms with van der Waals surface area (Å²) in [5, 5.41) is 0.722. The highest BCUT2D eigenvalue weighted by Crippen LogP contribution is 2.43. The fourth-order valence-corrected chi connectivity index (χ4v) is 5.54. The fraction of sp³-hybridized carbons (Fsp3) is 0.364. The number of nitrogens with one attached hydrogen (secondary N) is 2. The van der Waals surface area contributed by atoms with Crippen LogP contribution in [0.25, 0.3) is 22.3 Å². The molecule has 182 valence electrons. The van der Waals surface area contributed by atoms with Crippen molar-refractivity contribution >= 4 is 38.6 Å². The van der Waals surface area contributed by atoms with E-state index in [4.69, 9.17) is 17.3 Å². The Hall–Kier alpha value is -2.63. The van der Waals surface area contributed by atoms with Gasteiger partial charge in [-0.2, -0.15) is 17.9 Å². The molecule has 1 aliphatic rings. The zero-order valence-electron chi connectivity index (χ0n) is 18.3. The van der Waals surface area contributed by atoms with Crippen molar-refractivity contribution in [3.63, 3.8) is 0 Å². The number of rotatable bonds is 6. The molecule has 0 atom stereocenters. The zero-order valence-corrected chi connectivity index (χ0v) is 19.8. The summed E-state index contributed by atoms with van der Waals surface area (Å²) in [6.45, 7) is 1.51. The fourth-order valence-electron chi connectivity index (χ4n) is 3.95. The first-order valence-corrected chi connectivity index (χ1v) is 12.3. The standard InChI is InChI=1S/C22H22ClF3N4O3S/c1-21(2,22(24,25)26)30-34(32,33)13-6-7-14(15(9-13)11-4-3-5-11)18-17(19(27)31)16-8-12(23)10-28-20(16)29-18/h6-11,30H,3-5H2,1-2H3,(H2,27,31)(H,28,29). The maximum atomic E-state index is 13.3. The quantitative estimate of drug-likeness (QED) is 0.435. The summed E-state index contributed by atoms with van der Waals surface area (Å²) < 4.78 is 67.4. The van der Waals surface area contributed by atoms with Crippen molar-refractivity contribution in [1.29, 1.82) is 0 Å². The Morgan fingerprint density at radius 2 is 1.91 bits per heavy atom. The summed E-state index contributed by atoms with van der Waals surface area (Å²) in [5.41, 5.74) is 4.99. The van der Waals surface area contributed by atoms with E-state index in [1.54, 1.807) is 10.8 Å². The molecule has 1 aromatic carbocycles. The lowest BCUT2D eigenvalue weighted by molar-refractivity contribution is -0.180. The number of pyridine rings is 1. The van der Waals surface area contributed by atoms with Gasteiger partial charge in [-0.15, -0.1) is 0 Å². The minimum absolute atomic E-state index is 0.0236. The molecule has 12 heteroatoms. The van der Waals surface area contributed by atoms with Gasteiger partial charge < -0.3 is 10.7 Å². The van der Waals surface area contributed by atoms with Crippen LogP contribution < -0.4 is 10.5 Å². The highest BCUT2D eigenvalue weighted by atomic mass is 35.5. The topological polar surface area (TPSA) is 118 Å². The molecule has 4 N–H and O–H groups in total. The Morgan fingerprint density at radius 1 is 1.24 bits per heavy atom. The van der Waals surface area contributed by atoms with Crippen molar-refractivity contribution in [1.82, 2.24) is 14.7 Å². The number of aromatic amines is 1. The summed E-state index contributed by atoms with van der Waals surface area (Å²) in [6, 6.07) is 5.60. The molecule has 0 unspecified atom stereocenters. The van der Waals surface area contributed by atoms with Crippen LogP contribution in [0.2, 0.25) is 5.02 Å². The summed E-state index contributed by atoms with van der Waals surface area (Å²) in [6.07, 6.45) is -0.910. The number of alkyl halides is 3. The first kappa shape index (κ1) is 24.5. The van der Waals surface area contributed by atoms with Gasteiger partial charge in [-0.1, -0.05) is 24.1 Å². The van der Waals surface area contributed by atoms with Gasteiger partial charge in [-0.25, -0.2) is 13.4 Å². The number of carbonyl (C=O) groups excluding carboxylic acids is 1. The second-order valence-corrected chi connectivity index (χ2v) is 11.0. The van der Waals surface area contributed by atoms with E-state index in [1.165, 1.54) is 24.4 Å². The molecule has 2 aromatic heterocycles. The van der Waals surface area contributed by atoms with E-state index in [0.29, 0.717) is 32.9 Å². The average Bonchev–Trinajstić information content (AvgIpc) is 3.03. The molecule has 34 heavy (non-hydrogen) atoms. The number of aromatic nitrogens is 2. The number of primary amides is 1. The molecule has 0 bridgehead atoms. The van der Waals surface area contributed by atoms with Crippen LogP contribution in [-0.2, 0) is 10.0 Å². The number of fused-ring (bicyclic) bond motifs is 1. The molecule has 1 fully saturated rings. The Balaban J connectivity index is 1.87. The Bertz CT molecular complexity index is 1400. The van der Waals surface area contributed by atoms with Crippen molar-refractivity contribution in [3.05, 3.63) is 46.6 Å². The van der Waals surface area contributed by atoms with Gasteiger partial charge >= 0.3 is 6.18 Å². The average molecular weight is 515 g/mol. The van der Waals surface area contributed by atoms with Crippen molar-refractivity contribution in [2.24, 2.45) is 5.73 Å². The van der Waals surface area contributed by atoms with Crippen LogP contribution in [-0.4, -0.2) is 36.0 Å². The summed E-state index contributed by atoms with van der Waals surface area (Å²) in [7, 11) is -4.50. The molecular weight excluding hydrogens is 493 g/mol. The third-order valence-electron chi connectivity index (χ3n) is 6.11. The van der Waals surface area contributed by atoms with Gasteiger partial charge in [0.05, 0.1) is 21.2 Å². The minimum Gasteiger partial charge on any atom is -0.366 e. The van der Waals surface area contributed by atoms with E-state index in [1.807, 2.05) is 0 Å². The normalized spacial score (nSPS) is 15.5. The number of H-pyrrole nitrogens is 1. The van der Waals surface area contributed by atoms with Crippen LogP contribution in [0.15, 0.2) is 35.4 Å². The number of nitrogens with zero attached hydrogens (tertiary/aromatic N) is 1. The molecule has 3 aromatic rings. The van der Waals surface area contributed by atoms with Gasteiger partial charge in [0, 0.05) is 17.1 Å². The third-order valence-corrected chi connectivity index (χ3v) is 7.97. The minimum atomic E-state index is -4.79. The first-order chi connectivity index (χ1) is 15.7.